The molecule has 0 saturated heterocycles. The summed E-state index contributed by atoms with van der Waals surface area (Å²) >= 11 is 0. The molecular formula is C16H26N4. The molecular weight excluding hydrogens is 248 g/mol. The molecule has 110 valence electrons. The van der Waals surface area contributed by atoms with Gasteiger partial charge in [0.1, 0.15) is 12.2 Å². The van der Waals surface area contributed by atoms with Crippen LogP contribution in [0.3, 0.4) is 0 Å². The summed E-state index contributed by atoms with van der Waals surface area (Å²) in [4.78, 5) is 4.44. The van der Waals surface area contributed by atoms with Crippen LogP contribution < -0.4 is 5.73 Å². The van der Waals surface area contributed by atoms with Crippen LogP contribution in [0.4, 0.5) is 0 Å². The molecule has 2 N–H and O–H groups in total. The van der Waals surface area contributed by atoms with E-state index in [1.54, 1.807) is 6.33 Å². The highest BCUT2D eigenvalue weighted by molar-refractivity contribution is 5.16. The van der Waals surface area contributed by atoms with Gasteiger partial charge in [-0.15, -0.1) is 0 Å². The fourth-order valence-corrected chi connectivity index (χ4v) is 5.26. The van der Waals surface area contributed by atoms with Crippen LogP contribution in [-0.2, 0) is 13.0 Å². The average Bonchev–Trinajstić information content (AvgIpc) is 2.74. The Balaban J connectivity index is 1.42. The van der Waals surface area contributed by atoms with Gasteiger partial charge in [-0.25, -0.2) is 9.67 Å². The number of hydrogen-bond donors (Lipinski definition) is 1. The lowest BCUT2D eigenvalue weighted by atomic mass is 9.96. The Kier molecular flexibility index (Phi) is 2.92. The molecule has 4 rings (SSSR count). The summed E-state index contributed by atoms with van der Waals surface area (Å²) in [5.74, 6) is 6.41. The third kappa shape index (κ3) is 1.92. The SMILES string of the molecule is CC(C)Cn1ncnc1CC(N)C1C2C3CCC(C3)C12. The summed E-state index contributed by atoms with van der Waals surface area (Å²) in [6.45, 7) is 5.38. The number of hydrogen-bond acceptors (Lipinski definition) is 3. The van der Waals surface area contributed by atoms with E-state index in [1.807, 2.05) is 0 Å². The van der Waals surface area contributed by atoms with E-state index < -0.39 is 0 Å². The Morgan fingerprint density at radius 1 is 1.30 bits per heavy atom. The molecule has 0 aromatic carbocycles. The third-order valence-electron chi connectivity index (χ3n) is 5.94. The van der Waals surface area contributed by atoms with Crippen molar-refractivity contribution in [1.82, 2.24) is 14.8 Å². The van der Waals surface area contributed by atoms with Gasteiger partial charge in [-0.2, -0.15) is 5.10 Å². The normalized spacial score (nSPS) is 39.3. The number of fused-ring (bicyclic) bond motifs is 5. The van der Waals surface area contributed by atoms with Crippen molar-refractivity contribution in [3.63, 3.8) is 0 Å². The van der Waals surface area contributed by atoms with E-state index in [2.05, 4.69) is 28.6 Å². The van der Waals surface area contributed by atoms with E-state index >= 15 is 0 Å². The molecule has 4 nitrogen and oxygen atoms in total. The van der Waals surface area contributed by atoms with Crippen LogP contribution in [0, 0.1) is 35.5 Å². The predicted octanol–water partition coefficient (Wildman–Crippen LogP) is 2.10. The van der Waals surface area contributed by atoms with E-state index in [0.717, 1.165) is 48.4 Å². The lowest BCUT2D eigenvalue weighted by molar-refractivity contribution is 0.395. The van der Waals surface area contributed by atoms with E-state index in [0.29, 0.717) is 12.0 Å². The second kappa shape index (κ2) is 4.55. The van der Waals surface area contributed by atoms with Crippen molar-refractivity contribution in [2.45, 2.75) is 52.1 Å². The fourth-order valence-electron chi connectivity index (χ4n) is 5.26. The first-order chi connectivity index (χ1) is 9.65. The number of nitrogens with two attached hydrogens (primary N) is 1. The summed E-state index contributed by atoms with van der Waals surface area (Å²) < 4.78 is 2.05. The Morgan fingerprint density at radius 2 is 2.00 bits per heavy atom. The smallest absolute Gasteiger partial charge is 0.138 e. The molecule has 1 aromatic rings. The van der Waals surface area contributed by atoms with Crippen LogP contribution in [-0.4, -0.2) is 20.8 Å². The zero-order chi connectivity index (χ0) is 13.9. The molecule has 0 spiro atoms. The van der Waals surface area contributed by atoms with Crippen molar-refractivity contribution in [2.75, 3.05) is 0 Å². The van der Waals surface area contributed by atoms with Gasteiger partial charge in [0.05, 0.1) is 0 Å². The summed E-state index contributed by atoms with van der Waals surface area (Å²) in [5, 5.41) is 4.35. The lowest BCUT2D eigenvalue weighted by Crippen LogP contribution is -2.30. The lowest BCUT2D eigenvalue weighted by Gasteiger charge is -2.16. The monoisotopic (exact) mass is 274 g/mol. The molecule has 3 aliphatic rings. The molecule has 3 saturated carbocycles. The van der Waals surface area contributed by atoms with Crippen LogP contribution >= 0.6 is 0 Å². The molecule has 3 fully saturated rings. The molecule has 4 heteroatoms. The number of nitrogens with zero attached hydrogens (tertiary/aromatic N) is 3. The van der Waals surface area contributed by atoms with E-state index in [9.17, 15) is 0 Å². The molecule has 5 unspecified atom stereocenters. The van der Waals surface area contributed by atoms with Gasteiger partial charge in [-0.05, 0) is 54.8 Å². The van der Waals surface area contributed by atoms with Crippen molar-refractivity contribution < 1.29 is 0 Å². The van der Waals surface area contributed by atoms with Gasteiger partial charge >= 0.3 is 0 Å². The van der Waals surface area contributed by atoms with Crippen LogP contribution in [0.2, 0.25) is 0 Å². The highest BCUT2D eigenvalue weighted by atomic mass is 15.3. The molecule has 5 atom stereocenters. The molecule has 0 aliphatic heterocycles. The van der Waals surface area contributed by atoms with E-state index in [4.69, 9.17) is 5.73 Å². The first-order valence-corrected chi connectivity index (χ1v) is 8.27. The standard InChI is InChI=1S/C16H26N4/c1-9(2)7-20-13(18-8-19-20)6-12(17)16-14-10-3-4-11(5-10)15(14)16/h8-12,14-16H,3-7,17H2,1-2H3. The number of aromatic nitrogens is 3. The molecule has 3 aliphatic carbocycles. The van der Waals surface area contributed by atoms with Gasteiger partial charge in [0.2, 0.25) is 0 Å². The quantitative estimate of drug-likeness (QED) is 0.894. The fraction of sp³-hybridized carbons (Fsp3) is 0.875. The minimum atomic E-state index is 0.295. The molecule has 0 radical (unpaired) electrons. The van der Waals surface area contributed by atoms with Crippen molar-refractivity contribution in [3.05, 3.63) is 12.2 Å². The largest absolute Gasteiger partial charge is 0.327 e. The first kappa shape index (κ1) is 12.8. The Hall–Kier alpha value is -0.900. The Labute approximate surface area is 121 Å². The van der Waals surface area contributed by atoms with Crippen molar-refractivity contribution >= 4 is 0 Å². The third-order valence-corrected chi connectivity index (χ3v) is 5.94. The van der Waals surface area contributed by atoms with Gasteiger partial charge < -0.3 is 5.73 Å². The topological polar surface area (TPSA) is 56.7 Å². The molecule has 1 heterocycles. The zero-order valence-electron chi connectivity index (χ0n) is 12.6. The Bertz CT molecular complexity index is 478. The van der Waals surface area contributed by atoms with E-state index in [-0.39, 0.29) is 0 Å². The van der Waals surface area contributed by atoms with Crippen LogP contribution in [0.15, 0.2) is 6.33 Å². The maximum atomic E-state index is 6.53. The second-order valence-electron chi connectivity index (χ2n) is 7.69. The van der Waals surface area contributed by atoms with E-state index in [1.165, 1.54) is 19.3 Å². The van der Waals surface area contributed by atoms with Crippen molar-refractivity contribution in [3.8, 4) is 0 Å². The van der Waals surface area contributed by atoms with Crippen LogP contribution in [0.1, 0.15) is 38.9 Å². The number of rotatable bonds is 5. The minimum absolute atomic E-state index is 0.295. The molecule has 0 amide bonds. The predicted molar refractivity (Wildman–Crippen MR) is 77.8 cm³/mol. The average molecular weight is 274 g/mol. The van der Waals surface area contributed by atoms with Crippen LogP contribution in [0.25, 0.3) is 0 Å². The summed E-state index contributed by atoms with van der Waals surface area (Å²) in [6.07, 6.45) is 7.03. The summed E-state index contributed by atoms with van der Waals surface area (Å²) in [5.41, 5.74) is 6.53. The summed E-state index contributed by atoms with van der Waals surface area (Å²) in [6, 6.07) is 0.295. The van der Waals surface area contributed by atoms with Gasteiger partial charge in [0.25, 0.3) is 0 Å². The second-order valence-corrected chi connectivity index (χ2v) is 7.69. The van der Waals surface area contributed by atoms with Crippen molar-refractivity contribution in [1.29, 1.82) is 0 Å². The zero-order valence-corrected chi connectivity index (χ0v) is 12.6. The molecule has 2 bridgehead atoms. The van der Waals surface area contributed by atoms with Crippen molar-refractivity contribution in [2.24, 2.45) is 41.2 Å². The van der Waals surface area contributed by atoms with Gasteiger partial charge in [-0.1, -0.05) is 13.8 Å². The maximum absolute atomic E-state index is 6.53. The minimum Gasteiger partial charge on any atom is -0.327 e. The maximum Gasteiger partial charge on any atom is 0.138 e. The van der Waals surface area contributed by atoms with Crippen LogP contribution in [0.5, 0.6) is 0 Å². The highest BCUT2D eigenvalue weighted by Gasteiger charge is 2.66. The summed E-state index contributed by atoms with van der Waals surface area (Å²) in [7, 11) is 0. The van der Waals surface area contributed by atoms with Gasteiger partial charge in [0.15, 0.2) is 0 Å². The molecule has 20 heavy (non-hydrogen) atoms. The van der Waals surface area contributed by atoms with Gasteiger partial charge in [-0.3, -0.25) is 0 Å². The Morgan fingerprint density at radius 3 is 2.65 bits per heavy atom. The van der Waals surface area contributed by atoms with Gasteiger partial charge in [0, 0.05) is 19.0 Å². The molecule has 1 aromatic heterocycles. The first-order valence-electron chi connectivity index (χ1n) is 8.27. The highest BCUT2D eigenvalue weighted by Crippen LogP contribution is 2.70.